The molecule has 0 fully saturated rings. The van der Waals surface area contributed by atoms with Crippen LogP contribution in [-0.4, -0.2) is 22.2 Å². The van der Waals surface area contributed by atoms with Crippen molar-refractivity contribution in [2.24, 2.45) is 0 Å². The Morgan fingerprint density at radius 3 is 2.50 bits per heavy atom. The highest BCUT2D eigenvalue weighted by molar-refractivity contribution is 7.10. The van der Waals surface area contributed by atoms with Crippen molar-refractivity contribution in [3.05, 3.63) is 101 Å². The van der Waals surface area contributed by atoms with E-state index in [2.05, 4.69) is 16.7 Å². The molecule has 0 bridgehead atoms. The molecule has 0 radical (unpaired) electrons. The third kappa shape index (κ3) is 5.54. The molecule has 2 aromatic carbocycles. The number of nitrogens with zero attached hydrogens (tertiary/aromatic N) is 2. The summed E-state index contributed by atoms with van der Waals surface area (Å²) in [6.45, 7) is 3.56. The average molecular weight is 513 g/mol. The van der Waals surface area contributed by atoms with Crippen LogP contribution in [0.5, 0.6) is 0 Å². The molecule has 2 heterocycles. The van der Waals surface area contributed by atoms with Gasteiger partial charge in [-0.15, -0.1) is 11.3 Å². The second-order valence-corrected chi connectivity index (χ2v) is 8.23. The first-order valence-corrected chi connectivity index (χ1v) is 11.1. The van der Waals surface area contributed by atoms with Crippen LogP contribution >= 0.6 is 11.3 Å². The van der Waals surface area contributed by atoms with E-state index < -0.39 is 12.1 Å². The van der Waals surface area contributed by atoms with Gasteiger partial charge in [0.05, 0.1) is 4.88 Å². The predicted molar refractivity (Wildman–Crippen MR) is 121 cm³/mol. The molecule has 0 saturated carbocycles. The number of thiophene rings is 1. The molecule has 0 aliphatic rings. The van der Waals surface area contributed by atoms with Gasteiger partial charge in [0.1, 0.15) is 32.1 Å². The Balaban J connectivity index is 0.00000289. The van der Waals surface area contributed by atoms with Crippen LogP contribution in [0.3, 0.4) is 0 Å². The van der Waals surface area contributed by atoms with Crippen molar-refractivity contribution in [1.82, 2.24) is 4.57 Å². The van der Waals surface area contributed by atoms with Gasteiger partial charge < -0.3 is 26.8 Å². The van der Waals surface area contributed by atoms with Gasteiger partial charge in [-0.1, -0.05) is 60.7 Å². The van der Waals surface area contributed by atoms with E-state index in [1.54, 1.807) is 0 Å². The molecule has 166 valence electrons. The van der Waals surface area contributed by atoms with Gasteiger partial charge in [0.15, 0.2) is 6.10 Å². The molecule has 1 atom stereocenters. The van der Waals surface area contributed by atoms with Gasteiger partial charge in [-0.3, -0.25) is 0 Å². The van der Waals surface area contributed by atoms with Crippen LogP contribution < -0.4 is 21.5 Å². The average Bonchev–Trinajstić information content (AvgIpc) is 3.42. The van der Waals surface area contributed by atoms with Gasteiger partial charge in [-0.05, 0) is 28.1 Å². The summed E-state index contributed by atoms with van der Waals surface area (Å²) in [5, 5.41) is 12.4. The molecule has 4 rings (SSSR count). The van der Waals surface area contributed by atoms with Crippen LogP contribution in [-0.2, 0) is 22.6 Å². The fraction of sp³-hybridized carbons (Fsp3) is 0.200. The molecule has 1 N–H and O–H groups in total. The highest BCUT2D eigenvalue weighted by Gasteiger charge is 2.24. The van der Waals surface area contributed by atoms with E-state index in [1.807, 2.05) is 83.9 Å². The lowest BCUT2D eigenvalue weighted by atomic mass is 10.0. The highest BCUT2D eigenvalue weighted by atomic mass is 79.9. The minimum Gasteiger partial charge on any atom is -1.00 e. The first kappa shape index (κ1) is 23.9. The Bertz CT molecular complexity index is 1140. The first-order chi connectivity index (χ1) is 15.1. The number of aliphatic hydroxyl groups is 1. The molecule has 0 amide bonds. The van der Waals surface area contributed by atoms with Gasteiger partial charge in [0.25, 0.3) is 5.82 Å². The van der Waals surface area contributed by atoms with Crippen LogP contribution in [0.4, 0.5) is 0 Å². The van der Waals surface area contributed by atoms with Crippen LogP contribution in [0.1, 0.15) is 22.4 Å². The number of carbonyl (C=O) groups is 1. The molecular formula is C25H25BrN2O3S. The van der Waals surface area contributed by atoms with Crippen molar-refractivity contribution < 1.29 is 36.2 Å². The summed E-state index contributed by atoms with van der Waals surface area (Å²) in [5.41, 5.74) is 3.06. The zero-order chi connectivity index (χ0) is 21.6. The summed E-state index contributed by atoms with van der Waals surface area (Å²) in [6, 6.07) is 21.9. The number of ether oxygens (including phenoxy) is 1. The predicted octanol–water partition coefficient (Wildman–Crippen LogP) is 1.14. The lowest BCUT2D eigenvalue weighted by Crippen LogP contribution is -3.00. The molecule has 0 aliphatic carbocycles. The molecule has 4 aromatic rings. The first-order valence-electron chi connectivity index (χ1n) is 10.2. The second-order valence-electron chi connectivity index (χ2n) is 7.29. The van der Waals surface area contributed by atoms with Crippen LogP contribution in [0.25, 0.3) is 11.1 Å². The van der Waals surface area contributed by atoms with Crippen molar-refractivity contribution in [3.8, 4) is 11.1 Å². The fourth-order valence-corrected chi connectivity index (χ4v) is 4.43. The quantitative estimate of drug-likeness (QED) is 0.284. The SMILES string of the molecule is Cc1n(CCOC(=O)C(O)c2sccc2-c2ccccc2)cc[n+]1Cc1ccccc1.[Br-]. The lowest BCUT2D eigenvalue weighted by molar-refractivity contribution is -0.694. The van der Waals surface area contributed by atoms with Gasteiger partial charge in [0.2, 0.25) is 0 Å². The summed E-state index contributed by atoms with van der Waals surface area (Å²) in [7, 11) is 0. The number of benzene rings is 2. The zero-order valence-electron chi connectivity index (χ0n) is 17.7. The molecular weight excluding hydrogens is 488 g/mol. The third-order valence-electron chi connectivity index (χ3n) is 5.28. The van der Waals surface area contributed by atoms with E-state index >= 15 is 0 Å². The number of esters is 1. The molecule has 0 saturated heterocycles. The van der Waals surface area contributed by atoms with E-state index in [0.29, 0.717) is 11.4 Å². The number of hydrogen-bond donors (Lipinski definition) is 1. The second kappa shape index (κ2) is 11.2. The van der Waals surface area contributed by atoms with Crippen molar-refractivity contribution in [1.29, 1.82) is 0 Å². The number of carbonyl (C=O) groups excluding carboxylic acids is 1. The molecule has 7 heteroatoms. The normalized spacial score (nSPS) is 11.6. The number of halogens is 1. The molecule has 2 aromatic heterocycles. The highest BCUT2D eigenvalue weighted by Crippen LogP contribution is 2.33. The fourth-order valence-electron chi connectivity index (χ4n) is 3.54. The summed E-state index contributed by atoms with van der Waals surface area (Å²) in [6.07, 6.45) is 2.72. The van der Waals surface area contributed by atoms with Crippen molar-refractivity contribution in [2.45, 2.75) is 26.1 Å². The lowest BCUT2D eigenvalue weighted by Gasteiger charge is -2.11. The van der Waals surface area contributed by atoms with Crippen molar-refractivity contribution >= 4 is 17.3 Å². The van der Waals surface area contributed by atoms with Gasteiger partial charge >= 0.3 is 5.97 Å². The topological polar surface area (TPSA) is 55.3 Å². The van der Waals surface area contributed by atoms with Crippen LogP contribution in [0.15, 0.2) is 84.5 Å². The van der Waals surface area contributed by atoms with Gasteiger partial charge in [0, 0.05) is 6.92 Å². The smallest absolute Gasteiger partial charge is 0.340 e. The van der Waals surface area contributed by atoms with E-state index in [1.165, 1.54) is 16.9 Å². The Morgan fingerprint density at radius 2 is 1.78 bits per heavy atom. The monoisotopic (exact) mass is 512 g/mol. The maximum Gasteiger partial charge on any atom is 0.340 e. The maximum atomic E-state index is 12.5. The third-order valence-corrected chi connectivity index (χ3v) is 6.25. The largest absolute Gasteiger partial charge is 1.00 e. The summed E-state index contributed by atoms with van der Waals surface area (Å²) in [4.78, 5) is 13.1. The van der Waals surface area contributed by atoms with Crippen LogP contribution in [0.2, 0.25) is 0 Å². The Kier molecular flexibility index (Phi) is 8.39. The number of aliphatic hydroxyl groups excluding tert-OH is 1. The molecule has 0 spiro atoms. The molecule has 5 nitrogen and oxygen atoms in total. The van der Waals surface area contributed by atoms with E-state index in [-0.39, 0.29) is 23.6 Å². The standard InChI is InChI=1S/C25H25N2O3S.BrH/c1-19-26(13-14-27(19)18-20-8-4-2-5-9-20)15-16-30-25(29)23(28)24-22(12-17-31-24)21-10-6-3-7-11-21;/h2-14,17,23,28H,15-16,18H2,1H3;1H/q+1;/p-1. The minimum atomic E-state index is -1.29. The number of imidazole rings is 1. The van der Waals surface area contributed by atoms with Crippen LogP contribution in [0, 0.1) is 6.92 Å². The Morgan fingerprint density at radius 1 is 1.09 bits per heavy atom. The molecule has 0 aliphatic heterocycles. The summed E-state index contributed by atoms with van der Waals surface area (Å²) >= 11 is 1.36. The Hall–Kier alpha value is -2.74. The number of hydrogen-bond acceptors (Lipinski definition) is 4. The molecule has 1 unspecified atom stereocenters. The number of rotatable bonds is 8. The maximum absolute atomic E-state index is 12.5. The number of aromatic nitrogens is 2. The Labute approximate surface area is 202 Å². The van der Waals surface area contributed by atoms with Gasteiger partial charge in [-0.2, -0.15) is 0 Å². The minimum absolute atomic E-state index is 0. The summed E-state index contributed by atoms with van der Waals surface area (Å²) in [5.74, 6) is 0.451. The van der Waals surface area contributed by atoms with E-state index in [4.69, 9.17) is 4.74 Å². The van der Waals surface area contributed by atoms with E-state index in [0.717, 1.165) is 23.5 Å². The zero-order valence-corrected chi connectivity index (χ0v) is 20.1. The van der Waals surface area contributed by atoms with E-state index in [9.17, 15) is 9.90 Å². The van der Waals surface area contributed by atoms with Gasteiger partial charge in [-0.25, -0.2) is 13.9 Å². The summed E-state index contributed by atoms with van der Waals surface area (Å²) < 4.78 is 9.59. The molecule has 32 heavy (non-hydrogen) atoms. The van der Waals surface area contributed by atoms with Crippen molar-refractivity contribution in [2.75, 3.05) is 6.61 Å². The van der Waals surface area contributed by atoms with Crippen molar-refractivity contribution in [3.63, 3.8) is 0 Å².